The molecular formula is C25H44O. The minimum atomic E-state index is 0.281. The molecule has 1 nitrogen and oxygen atoms in total. The smallest absolute Gasteiger partial charge is 0.132 e. The van der Waals surface area contributed by atoms with Crippen LogP contribution in [0, 0.1) is 52.8 Å². The lowest BCUT2D eigenvalue weighted by atomic mass is 9.48. The Bertz CT molecular complexity index is 496. The highest BCUT2D eigenvalue weighted by molar-refractivity contribution is 5.78. The lowest BCUT2D eigenvalue weighted by Gasteiger charge is -2.56. The fraction of sp³-hybridized carbons (Fsp3) is 0.960. The normalized spacial score (nSPS) is 48.3. The average Bonchev–Trinajstić information content (AvgIpc) is 2.99. The lowest BCUT2D eigenvalue weighted by Crippen LogP contribution is -2.49. The SMILES string of the molecule is CC.CC(=O)C(C)C1CCC2C3CCC4CC(C)CCC4C3CCC12C. The number of fused-ring (bicyclic) bond motifs is 5. The first kappa shape index (κ1) is 20.4. The Labute approximate surface area is 163 Å². The van der Waals surface area contributed by atoms with Crippen LogP contribution in [-0.4, -0.2) is 5.78 Å². The van der Waals surface area contributed by atoms with Gasteiger partial charge in [-0.25, -0.2) is 0 Å². The molecule has 0 spiro atoms. The highest BCUT2D eigenvalue weighted by Crippen LogP contribution is 2.65. The monoisotopic (exact) mass is 360 g/mol. The second kappa shape index (κ2) is 7.96. The molecule has 0 aromatic carbocycles. The van der Waals surface area contributed by atoms with Crippen molar-refractivity contribution in [3.05, 3.63) is 0 Å². The first-order valence-electron chi connectivity index (χ1n) is 11.9. The molecule has 0 bridgehead atoms. The third kappa shape index (κ3) is 3.30. The van der Waals surface area contributed by atoms with Crippen molar-refractivity contribution < 1.29 is 4.79 Å². The van der Waals surface area contributed by atoms with E-state index >= 15 is 0 Å². The van der Waals surface area contributed by atoms with Crippen molar-refractivity contribution >= 4 is 5.78 Å². The molecule has 9 atom stereocenters. The van der Waals surface area contributed by atoms with Gasteiger partial charge >= 0.3 is 0 Å². The van der Waals surface area contributed by atoms with Crippen molar-refractivity contribution in [2.75, 3.05) is 0 Å². The molecule has 0 saturated heterocycles. The van der Waals surface area contributed by atoms with Crippen LogP contribution in [0.2, 0.25) is 0 Å². The van der Waals surface area contributed by atoms with E-state index in [0.29, 0.717) is 17.1 Å². The number of Topliss-reactive ketones (excluding diaryl/α,β-unsaturated/α-hetero) is 1. The first-order chi connectivity index (χ1) is 12.4. The molecule has 1 heteroatoms. The molecule has 0 aromatic rings. The van der Waals surface area contributed by atoms with Crippen LogP contribution in [0.25, 0.3) is 0 Å². The Morgan fingerprint density at radius 2 is 1.62 bits per heavy atom. The van der Waals surface area contributed by atoms with Gasteiger partial charge < -0.3 is 0 Å². The summed E-state index contributed by atoms with van der Waals surface area (Å²) in [5, 5.41) is 0. The Balaban J connectivity index is 0.000000948. The highest BCUT2D eigenvalue weighted by Gasteiger charge is 2.57. The van der Waals surface area contributed by atoms with Gasteiger partial charge in [0.2, 0.25) is 0 Å². The van der Waals surface area contributed by atoms with E-state index in [4.69, 9.17) is 0 Å². The fourth-order valence-electron chi connectivity index (χ4n) is 8.23. The van der Waals surface area contributed by atoms with Gasteiger partial charge in [0.05, 0.1) is 0 Å². The third-order valence-corrected chi connectivity index (χ3v) is 9.53. The molecule has 0 radical (unpaired) electrons. The molecular weight excluding hydrogens is 316 g/mol. The molecule has 0 amide bonds. The van der Waals surface area contributed by atoms with Crippen molar-refractivity contribution in [3.63, 3.8) is 0 Å². The summed E-state index contributed by atoms with van der Waals surface area (Å²) in [5.41, 5.74) is 0.459. The van der Waals surface area contributed by atoms with Gasteiger partial charge in [0.1, 0.15) is 5.78 Å². The zero-order valence-electron chi connectivity index (χ0n) is 18.4. The van der Waals surface area contributed by atoms with E-state index in [-0.39, 0.29) is 5.92 Å². The van der Waals surface area contributed by atoms with E-state index < -0.39 is 0 Å². The van der Waals surface area contributed by atoms with E-state index in [1.807, 2.05) is 20.8 Å². The fourth-order valence-corrected chi connectivity index (χ4v) is 8.23. The van der Waals surface area contributed by atoms with Gasteiger partial charge in [-0.15, -0.1) is 0 Å². The molecule has 4 aliphatic carbocycles. The van der Waals surface area contributed by atoms with Gasteiger partial charge in [-0.05, 0) is 105 Å². The van der Waals surface area contributed by atoms with E-state index in [9.17, 15) is 4.79 Å². The quantitative estimate of drug-likeness (QED) is 0.511. The van der Waals surface area contributed by atoms with Gasteiger partial charge in [-0.1, -0.05) is 41.0 Å². The summed E-state index contributed by atoms with van der Waals surface area (Å²) >= 11 is 0. The maximum Gasteiger partial charge on any atom is 0.132 e. The highest BCUT2D eigenvalue weighted by atomic mass is 16.1. The zero-order chi connectivity index (χ0) is 19.1. The van der Waals surface area contributed by atoms with Crippen molar-refractivity contribution in [1.82, 2.24) is 0 Å². The second-order valence-corrected chi connectivity index (χ2v) is 10.5. The minimum absolute atomic E-state index is 0.281. The van der Waals surface area contributed by atoms with E-state index in [0.717, 1.165) is 35.5 Å². The summed E-state index contributed by atoms with van der Waals surface area (Å²) in [7, 11) is 0. The van der Waals surface area contributed by atoms with E-state index in [2.05, 4.69) is 20.8 Å². The molecule has 150 valence electrons. The van der Waals surface area contributed by atoms with Gasteiger partial charge in [-0.2, -0.15) is 0 Å². The molecule has 26 heavy (non-hydrogen) atoms. The summed E-state index contributed by atoms with van der Waals surface area (Å²) in [6, 6.07) is 0. The van der Waals surface area contributed by atoms with Crippen LogP contribution in [0.4, 0.5) is 0 Å². The van der Waals surface area contributed by atoms with Crippen LogP contribution in [0.1, 0.15) is 99.3 Å². The standard InChI is InChI=1S/C23H38O.C2H6/c1-14-5-7-18-17(13-14)6-8-20-19(18)11-12-23(4)21(9-10-22(20)23)15(2)16(3)24;1-2/h14-15,17-22H,5-13H2,1-4H3;1-2H3. The number of carbonyl (C=O) groups excluding carboxylic acids is 1. The predicted molar refractivity (Wildman–Crippen MR) is 111 cm³/mol. The molecule has 0 aromatic heterocycles. The van der Waals surface area contributed by atoms with Crippen molar-refractivity contribution in [3.8, 4) is 0 Å². The van der Waals surface area contributed by atoms with Crippen molar-refractivity contribution in [1.29, 1.82) is 0 Å². The molecule has 0 N–H and O–H groups in total. The Kier molecular flexibility index (Phi) is 6.25. The van der Waals surface area contributed by atoms with Gasteiger partial charge in [0, 0.05) is 5.92 Å². The average molecular weight is 361 g/mol. The maximum atomic E-state index is 12.0. The van der Waals surface area contributed by atoms with E-state index in [1.165, 1.54) is 57.8 Å². The Hall–Kier alpha value is -0.330. The van der Waals surface area contributed by atoms with Crippen LogP contribution in [0.3, 0.4) is 0 Å². The number of carbonyl (C=O) groups is 1. The van der Waals surface area contributed by atoms with Crippen LogP contribution < -0.4 is 0 Å². The third-order valence-electron chi connectivity index (χ3n) is 9.53. The molecule has 4 fully saturated rings. The van der Waals surface area contributed by atoms with Gasteiger partial charge in [0.25, 0.3) is 0 Å². The molecule has 0 aliphatic heterocycles. The zero-order valence-corrected chi connectivity index (χ0v) is 18.4. The number of hydrogen-bond acceptors (Lipinski definition) is 1. The lowest BCUT2D eigenvalue weighted by molar-refractivity contribution is -0.125. The summed E-state index contributed by atoms with van der Waals surface area (Å²) in [5.74, 6) is 7.37. The molecule has 4 aliphatic rings. The Morgan fingerprint density at radius 3 is 2.31 bits per heavy atom. The number of rotatable bonds is 2. The van der Waals surface area contributed by atoms with Crippen LogP contribution in [0.5, 0.6) is 0 Å². The van der Waals surface area contributed by atoms with Crippen LogP contribution in [-0.2, 0) is 4.79 Å². The maximum absolute atomic E-state index is 12.0. The molecule has 0 heterocycles. The number of hydrogen-bond donors (Lipinski definition) is 0. The van der Waals surface area contributed by atoms with Gasteiger partial charge in [-0.3, -0.25) is 4.79 Å². The Morgan fingerprint density at radius 1 is 0.923 bits per heavy atom. The summed E-state index contributed by atoms with van der Waals surface area (Å²) < 4.78 is 0. The predicted octanol–water partition coefficient (Wildman–Crippen LogP) is 7.14. The second-order valence-electron chi connectivity index (χ2n) is 10.5. The van der Waals surface area contributed by atoms with E-state index in [1.54, 1.807) is 0 Å². The van der Waals surface area contributed by atoms with Gasteiger partial charge in [0.15, 0.2) is 0 Å². The van der Waals surface area contributed by atoms with Crippen molar-refractivity contribution in [2.45, 2.75) is 99.3 Å². The molecule has 4 saturated carbocycles. The molecule has 4 rings (SSSR count). The summed E-state index contributed by atoms with van der Waals surface area (Å²) in [6.07, 6.45) is 13.1. The minimum Gasteiger partial charge on any atom is -0.300 e. The van der Waals surface area contributed by atoms with Crippen LogP contribution in [0.15, 0.2) is 0 Å². The summed E-state index contributed by atoms with van der Waals surface area (Å²) in [4.78, 5) is 12.0. The largest absolute Gasteiger partial charge is 0.300 e. The first-order valence-corrected chi connectivity index (χ1v) is 11.9. The topological polar surface area (TPSA) is 17.1 Å². The van der Waals surface area contributed by atoms with Crippen molar-refractivity contribution in [2.24, 2.45) is 52.8 Å². The summed E-state index contributed by atoms with van der Waals surface area (Å²) in [6.45, 7) is 13.1. The van der Waals surface area contributed by atoms with Crippen LogP contribution >= 0.6 is 0 Å². The number of ketones is 1. The molecule has 9 unspecified atom stereocenters.